The van der Waals surface area contributed by atoms with Crippen LogP contribution in [0.15, 0.2) is 30.3 Å². The molecular formula is C23H32O. The molecule has 0 unspecified atom stereocenters. The summed E-state index contributed by atoms with van der Waals surface area (Å²) in [5.74, 6) is 0.444. The Balaban J connectivity index is 2.37. The second-order valence-corrected chi connectivity index (χ2v) is 8.16. The first-order valence-corrected chi connectivity index (χ1v) is 9.13. The number of unbranched alkanes of at least 4 members (excludes halogenated alkanes) is 1. The van der Waals surface area contributed by atoms with Gasteiger partial charge in [0.15, 0.2) is 0 Å². The Morgan fingerprint density at radius 2 is 1.58 bits per heavy atom. The van der Waals surface area contributed by atoms with E-state index < -0.39 is 0 Å². The van der Waals surface area contributed by atoms with Crippen LogP contribution in [0, 0.1) is 13.8 Å². The molecule has 0 aromatic heterocycles. The van der Waals surface area contributed by atoms with Gasteiger partial charge in [0.1, 0.15) is 5.75 Å². The molecular weight excluding hydrogens is 292 g/mol. The highest BCUT2D eigenvalue weighted by atomic mass is 16.3. The summed E-state index contributed by atoms with van der Waals surface area (Å²) in [7, 11) is 0. The molecule has 1 heteroatoms. The lowest BCUT2D eigenvalue weighted by molar-refractivity contribution is 0.463. The van der Waals surface area contributed by atoms with Gasteiger partial charge in [0, 0.05) is 6.42 Å². The minimum Gasteiger partial charge on any atom is -0.507 e. The highest BCUT2D eigenvalue weighted by molar-refractivity contribution is 5.47. The lowest BCUT2D eigenvalue weighted by atomic mass is 9.84. The van der Waals surface area contributed by atoms with Gasteiger partial charge in [-0.25, -0.2) is 0 Å². The van der Waals surface area contributed by atoms with E-state index in [1.165, 1.54) is 35.1 Å². The quantitative estimate of drug-likeness (QED) is 0.690. The third-order valence-corrected chi connectivity index (χ3v) is 4.66. The number of aromatic hydroxyl groups is 1. The molecule has 1 nitrogen and oxygen atoms in total. The molecule has 2 aromatic carbocycles. The van der Waals surface area contributed by atoms with Crippen molar-refractivity contribution in [2.45, 2.75) is 72.6 Å². The van der Waals surface area contributed by atoms with Crippen LogP contribution in [-0.2, 0) is 18.3 Å². The molecule has 130 valence electrons. The summed E-state index contributed by atoms with van der Waals surface area (Å²) in [6, 6.07) is 11.1. The van der Waals surface area contributed by atoms with E-state index in [0.29, 0.717) is 5.75 Å². The highest BCUT2D eigenvalue weighted by Crippen LogP contribution is 2.32. The fourth-order valence-electron chi connectivity index (χ4n) is 3.22. The van der Waals surface area contributed by atoms with Crippen molar-refractivity contribution in [3.05, 3.63) is 63.7 Å². The van der Waals surface area contributed by atoms with Gasteiger partial charge in [-0.15, -0.1) is 0 Å². The molecule has 24 heavy (non-hydrogen) atoms. The average molecular weight is 325 g/mol. The lowest BCUT2D eigenvalue weighted by Crippen LogP contribution is -2.12. The number of phenols is 1. The van der Waals surface area contributed by atoms with Gasteiger partial charge in [-0.2, -0.15) is 0 Å². The number of rotatable bonds is 5. The number of benzene rings is 2. The highest BCUT2D eigenvalue weighted by Gasteiger charge is 2.17. The van der Waals surface area contributed by atoms with Crippen molar-refractivity contribution in [3.63, 3.8) is 0 Å². The molecule has 0 aliphatic heterocycles. The predicted octanol–water partition coefficient (Wildman–Crippen LogP) is 6.24. The van der Waals surface area contributed by atoms with Crippen LogP contribution in [0.1, 0.15) is 73.9 Å². The molecule has 0 atom stereocenters. The first-order chi connectivity index (χ1) is 11.2. The summed E-state index contributed by atoms with van der Waals surface area (Å²) in [5.41, 5.74) is 7.39. The molecule has 0 fully saturated rings. The number of hydrogen-bond acceptors (Lipinski definition) is 1. The van der Waals surface area contributed by atoms with E-state index >= 15 is 0 Å². The van der Waals surface area contributed by atoms with Gasteiger partial charge in [0.25, 0.3) is 0 Å². The molecule has 0 aliphatic rings. The van der Waals surface area contributed by atoms with E-state index in [2.05, 4.69) is 65.0 Å². The molecule has 0 radical (unpaired) electrons. The first-order valence-electron chi connectivity index (χ1n) is 9.13. The average Bonchev–Trinajstić information content (AvgIpc) is 2.48. The number of phenolic OH excluding ortho intramolecular Hbond substituents is 1. The van der Waals surface area contributed by atoms with Crippen LogP contribution >= 0.6 is 0 Å². The summed E-state index contributed by atoms with van der Waals surface area (Å²) in [5, 5.41) is 10.5. The molecule has 2 aromatic rings. The smallest absolute Gasteiger partial charge is 0.122 e. The van der Waals surface area contributed by atoms with Crippen molar-refractivity contribution in [2.24, 2.45) is 0 Å². The van der Waals surface area contributed by atoms with Gasteiger partial charge < -0.3 is 5.11 Å². The topological polar surface area (TPSA) is 20.2 Å². The zero-order chi connectivity index (χ0) is 17.9. The Kier molecular flexibility index (Phi) is 5.74. The molecule has 0 saturated carbocycles. The fourth-order valence-corrected chi connectivity index (χ4v) is 3.22. The monoisotopic (exact) mass is 324 g/mol. The maximum Gasteiger partial charge on any atom is 0.122 e. The Morgan fingerprint density at radius 1 is 0.917 bits per heavy atom. The summed E-state index contributed by atoms with van der Waals surface area (Å²) in [6.07, 6.45) is 4.37. The van der Waals surface area contributed by atoms with E-state index in [9.17, 15) is 5.11 Å². The minimum atomic E-state index is 0.0894. The maximum absolute atomic E-state index is 10.5. The summed E-state index contributed by atoms with van der Waals surface area (Å²) >= 11 is 0. The van der Waals surface area contributed by atoms with Gasteiger partial charge in [-0.05, 0) is 59.9 Å². The van der Waals surface area contributed by atoms with E-state index in [4.69, 9.17) is 0 Å². The number of aryl methyl sites for hydroxylation is 3. The molecule has 1 N–H and O–H groups in total. The van der Waals surface area contributed by atoms with Gasteiger partial charge in [0.05, 0.1) is 0 Å². The summed E-state index contributed by atoms with van der Waals surface area (Å²) < 4.78 is 0. The third kappa shape index (κ3) is 4.63. The lowest BCUT2D eigenvalue weighted by Gasteiger charge is -2.22. The van der Waals surface area contributed by atoms with Crippen LogP contribution in [0.25, 0.3) is 0 Å². The van der Waals surface area contributed by atoms with Crippen LogP contribution in [0.3, 0.4) is 0 Å². The van der Waals surface area contributed by atoms with Crippen LogP contribution in [0.5, 0.6) is 5.75 Å². The molecule has 0 bridgehead atoms. The molecule has 0 spiro atoms. The Labute approximate surface area is 147 Å². The van der Waals surface area contributed by atoms with Crippen molar-refractivity contribution in [3.8, 4) is 5.75 Å². The Hall–Kier alpha value is -1.76. The SMILES string of the molecule is CCCCc1cc(C)cc(Cc2cc(C(C)(C)C)cc(C)c2O)c1. The molecule has 0 aliphatic carbocycles. The second kappa shape index (κ2) is 7.42. The zero-order valence-corrected chi connectivity index (χ0v) is 16.2. The second-order valence-electron chi connectivity index (χ2n) is 8.16. The third-order valence-electron chi connectivity index (χ3n) is 4.66. The van der Waals surface area contributed by atoms with Crippen molar-refractivity contribution >= 4 is 0 Å². The normalized spacial score (nSPS) is 11.8. The van der Waals surface area contributed by atoms with Gasteiger partial charge in [-0.3, -0.25) is 0 Å². The molecule has 0 saturated heterocycles. The first kappa shape index (κ1) is 18.6. The zero-order valence-electron chi connectivity index (χ0n) is 16.2. The Bertz CT molecular complexity index is 705. The van der Waals surface area contributed by atoms with Crippen LogP contribution < -0.4 is 0 Å². The van der Waals surface area contributed by atoms with E-state index in [1.54, 1.807) is 0 Å². The van der Waals surface area contributed by atoms with Crippen molar-refractivity contribution in [1.29, 1.82) is 0 Å². The predicted molar refractivity (Wildman–Crippen MR) is 104 cm³/mol. The van der Waals surface area contributed by atoms with E-state index in [1.807, 2.05) is 6.92 Å². The van der Waals surface area contributed by atoms with Gasteiger partial charge in [0.2, 0.25) is 0 Å². The van der Waals surface area contributed by atoms with Gasteiger partial charge >= 0.3 is 0 Å². The Morgan fingerprint density at radius 3 is 2.21 bits per heavy atom. The molecule has 0 amide bonds. The van der Waals surface area contributed by atoms with Crippen molar-refractivity contribution < 1.29 is 5.11 Å². The summed E-state index contributed by atoms with van der Waals surface area (Å²) in [4.78, 5) is 0. The van der Waals surface area contributed by atoms with Crippen molar-refractivity contribution in [2.75, 3.05) is 0 Å². The summed E-state index contributed by atoms with van der Waals surface area (Å²) in [6.45, 7) is 13.1. The molecule has 0 heterocycles. The van der Waals surface area contributed by atoms with Crippen molar-refractivity contribution in [1.82, 2.24) is 0 Å². The number of hydrogen-bond donors (Lipinski definition) is 1. The standard InChI is InChI=1S/C23H32O/c1-7-8-9-18-10-16(2)11-19(13-18)14-20-15-21(23(4,5)6)12-17(3)22(20)24/h10-13,15,24H,7-9,14H2,1-6H3. The van der Waals surface area contributed by atoms with E-state index in [0.717, 1.165) is 24.0 Å². The fraction of sp³-hybridized carbons (Fsp3) is 0.478. The van der Waals surface area contributed by atoms with E-state index in [-0.39, 0.29) is 5.41 Å². The van der Waals surface area contributed by atoms with Crippen LogP contribution in [0.2, 0.25) is 0 Å². The molecule has 2 rings (SSSR count). The van der Waals surface area contributed by atoms with Crippen LogP contribution in [-0.4, -0.2) is 5.11 Å². The van der Waals surface area contributed by atoms with Crippen LogP contribution in [0.4, 0.5) is 0 Å². The largest absolute Gasteiger partial charge is 0.507 e. The van der Waals surface area contributed by atoms with Gasteiger partial charge in [-0.1, -0.05) is 70.0 Å². The minimum absolute atomic E-state index is 0.0894. The maximum atomic E-state index is 10.5.